The molecule has 1 saturated carbocycles. The highest BCUT2D eigenvalue weighted by Crippen LogP contribution is 2.70. The summed E-state index contributed by atoms with van der Waals surface area (Å²) >= 11 is 0. The van der Waals surface area contributed by atoms with Gasteiger partial charge in [0.25, 0.3) is 11.6 Å². The molecule has 0 N–H and O–H groups in total. The topological polar surface area (TPSA) is 114 Å². The van der Waals surface area contributed by atoms with E-state index < -0.39 is 63.2 Å². The third kappa shape index (κ3) is 3.68. The molecule has 0 aromatic carbocycles. The van der Waals surface area contributed by atoms with Crippen LogP contribution in [0.1, 0.15) is 74.7 Å². The van der Waals surface area contributed by atoms with Gasteiger partial charge in [0.15, 0.2) is 17.1 Å². The molecular formula is C34H40O9. The van der Waals surface area contributed by atoms with Crippen LogP contribution in [0.15, 0.2) is 58.4 Å². The Morgan fingerprint density at radius 3 is 2.28 bits per heavy atom. The quantitative estimate of drug-likeness (QED) is 0.335. The fraction of sp³-hybridized carbons (Fsp3) is 0.588. The van der Waals surface area contributed by atoms with Crippen molar-refractivity contribution in [1.82, 2.24) is 0 Å². The van der Waals surface area contributed by atoms with E-state index >= 15 is 0 Å². The van der Waals surface area contributed by atoms with Crippen molar-refractivity contribution in [3.8, 4) is 0 Å². The first kappa shape index (κ1) is 29.9. The number of hydrogen-bond acceptors (Lipinski definition) is 9. The summed E-state index contributed by atoms with van der Waals surface area (Å²) in [5.74, 6) is -6.85. The van der Waals surface area contributed by atoms with Gasteiger partial charge >= 0.3 is 5.97 Å². The van der Waals surface area contributed by atoms with E-state index in [0.29, 0.717) is 0 Å². The van der Waals surface area contributed by atoms with Crippen LogP contribution in [0.4, 0.5) is 0 Å². The van der Waals surface area contributed by atoms with Crippen LogP contribution in [0.2, 0.25) is 0 Å². The monoisotopic (exact) mass is 592 g/mol. The Morgan fingerprint density at radius 1 is 0.977 bits per heavy atom. The number of esters is 1. The molecule has 7 rings (SSSR count). The lowest BCUT2D eigenvalue weighted by atomic mass is 9.50. The van der Waals surface area contributed by atoms with Gasteiger partial charge in [0, 0.05) is 19.4 Å². The molecule has 9 nitrogen and oxygen atoms in total. The van der Waals surface area contributed by atoms with E-state index in [1.54, 1.807) is 26.0 Å². The fourth-order valence-electron chi connectivity index (χ4n) is 7.92. The summed E-state index contributed by atoms with van der Waals surface area (Å²) in [6.45, 7) is 14.8. The highest BCUT2D eigenvalue weighted by molar-refractivity contribution is 6.19. The first-order valence-electron chi connectivity index (χ1n) is 14.9. The van der Waals surface area contributed by atoms with E-state index in [1.165, 1.54) is 13.2 Å². The molecule has 4 aliphatic carbocycles. The second-order valence-corrected chi connectivity index (χ2v) is 14.2. The van der Waals surface area contributed by atoms with Crippen LogP contribution < -0.4 is 0 Å². The molecule has 0 radical (unpaired) electrons. The Hall–Kier alpha value is -3.14. The van der Waals surface area contributed by atoms with Crippen molar-refractivity contribution in [2.24, 2.45) is 11.8 Å². The molecule has 3 fully saturated rings. The Morgan fingerprint density at radius 2 is 1.65 bits per heavy atom. The largest absolute Gasteiger partial charge is 0.479 e. The number of carbonyl (C=O) groups excluding carboxylic acids is 4. The van der Waals surface area contributed by atoms with E-state index in [9.17, 15) is 19.2 Å². The van der Waals surface area contributed by atoms with Gasteiger partial charge in [-0.15, -0.1) is 0 Å². The van der Waals surface area contributed by atoms with Crippen molar-refractivity contribution in [1.29, 1.82) is 0 Å². The number of rotatable bonds is 5. The van der Waals surface area contributed by atoms with Crippen LogP contribution >= 0.6 is 0 Å². The summed E-state index contributed by atoms with van der Waals surface area (Å²) in [4.78, 5) is 57.9. The molecular weight excluding hydrogens is 552 g/mol. The van der Waals surface area contributed by atoms with Gasteiger partial charge < -0.3 is 23.7 Å². The van der Waals surface area contributed by atoms with Crippen molar-refractivity contribution in [2.45, 2.75) is 108 Å². The Balaban J connectivity index is 1.64. The van der Waals surface area contributed by atoms with Gasteiger partial charge in [-0.1, -0.05) is 23.3 Å². The third-order valence-electron chi connectivity index (χ3n) is 9.93. The number of hydrogen-bond donors (Lipinski definition) is 0. The van der Waals surface area contributed by atoms with E-state index in [-0.39, 0.29) is 42.0 Å². The molecule has 3 heterocycles. The predicted octanol–water partition coefficient (Wildman–Crippen LogP) is 4.56. The van der Waals surface area contributed by atoms with Crippen molar-refractivity contribution in [3.05, 3.63) is 58.4 Å². The zero-order valence-electron chi connectivity index (χ0n) is 26.3. The molecule has 2 spiro atoms. The zero-order valence-corrected chi connectivity index (χ0v) is 26.3. The highest BCUT2D eigenvalue weighted by Gasteiger charge is 2.86. The van der Waals surface area contributed by atoms with Crippen molar-refractivity contribution < 1.29 is 42.9 Å². The summed E-state index contributed by atoms with van der Waals surface area (Å²) < 4.78 is 31.8. The first-order chi connectivity index (χ1) is 19.9. The normalized spacial score (nSPS) is 39.6. The minimum Gasteiger partial charge on any atom is -0.479 e. The van der Waals surface area contributed by atoms with E-state index in [1.807, 2.05) is 53.7 Å². The number of carbonyl (C=O) groups is 4. The van der Waals surface area contributed by atoms with Gasteiger partial charge in [-0.25, -0.2) is 4.79 Å². The summed E-state index contributed by atoms with van der Waals surface area (Å²) in [6, 6.07) is 0. The predicted molar refractivity (Wildman–Crippen MR) is 154 cm³/mol. The third-order valence-corrected chi connectivity index (χ3v) is 9.93. The lowest BCUT2D eigenvalue weighted by Gasteiger charge is -2.62. The Kier molecular flexibility index (Phi) is 6.23. The summed E-state index contributed by atoms with van der Waals surface area (Å²) in [7, 11) is 1.44. The minimum absolute atomic E-state index is 0.0647. The molecule has 0 aromatic rings. The van der Waals surface area contributed by atoms with E-state index in [2.05, 4.69) is 0 Å². The second-order valence-electron chi connectivity index (χ2n) is 14.2. The molecule has 4 bridgehead atoms. The average molecular weight is 593 g/mol. The molecule has 9 heteroatoms. The number of Topliss-reactive ketones (excluding diaryl/α,β-unsaturated/α-hetero) is 3. The van der Waals surface area contributed by atoms with Crippen LogP contribution in [0.5, 0.6) is 0 Å². The van der Waals surface area contributed by atoms with Crippen molar-refractivity contribution in [2.75, 3.05) is 7.11 Å². The molecule has 0 amide bonds. The van der Waals surface area contributed by atoms with Gasteiger partial charge in [0.1, 0.15) is 16.8 Å². The molecule has 43 heavy (non-hydrogen) atoms. The van der Waals surface area contributed by atoms with E-state index in [0.717, 1.165) is 11.1 Å². The maximum atomic E-state index is 14.7. The van der Waals surface area contributed by atoms with Crippen LogP contribution in [-0.2, 0) is 42.9 Å². The number of allylic oxidation sites excluding steroid dienone is 5. The van der Waals surface area contributed by atoms with Crippen LogP contribution in [0, 0.1) is 11.8 Å². The molecule has 0 aromatic heterocycles. The van der Waals surface area contributed by atoms with Gasteiger partial charge in [-0.05, 0) is 86.5 Å². The highest BCUT2D eigenvalue weighted by atomic mass is 16.8. The lowest BCUT2D eigenvalue weighted by Crippen LogP contribution is -2.80. The Labute approximate surface area is 252 Å². The fourth-order valence-corrected chi connectivity index (χ4v) is 7.92. The van der Waals surface area contributed by atoms with Crippen molar-refractivity contribution in [3.63, 3.8) is 0 Å². The number of ether oxygens (including phenoxy) is 5. The van der Waals surface area contributed by atoms with Gasteiger partial charge in [0.2, 0.25) is 5.78 Å². The average Bonchev–Trinajstić information content (AvgIpc) is 3.07. The van der Waals surface area contributed by atoms with Gasteiger partial charge in [0.05, 0.1) is 22.7 Å². The summed E-state index contributed by atoms with van der Waals surface area (Å²) in [6.07, 6.45) is 8.79. The molecule has 3 aliphatic heterocycles. The second kappa shape index (κ2) is 8.96. The molecule has 0 unspecified atom stereocenters. The maximum absolute atomic E-state index is 14.7. The van der Waals surface area contributed by atoms with Crippen molar-refractivity contribution >= 4 is 23.3 Å². The van der Waals surface area contributed by atoms with Crippen LogP contribution in [0.3, 0.4) is 0 Å². The Bertz CT molecular complexity index is 1530. The molecule has 7 aliphatic rings. The number of ketones is 3. The molecule has 6 atom stereocenters. The number of methoxy groups -OCH3 is 1. The van der Waals surface area contributed by atoms with Crippen LogP contribution in [0.25, 0.3) is 0 Å². The SMILES string of the molecule is CO[C@@]12C=C3C(=O)O[C@]4(O[C@@]35[C@@H](C1)C(C)(C)O[C@]5(CC=C(C)C)C2=O)C(=O)C1=C(C=CC(C)(C)O1)C(=O)[C@H]4CC=C(C)C. The molecule has 2 saturated heterocycles. The minimum atomic E-state index is -2.39. The summed E-state index contributed by atoms with van der Waals surface area (Å²) in [5.41, 5.74) is -4.74. The van der Waals surface area contributed by atoms with Crippen LogP contribution in [-0.4, -0.2) is 64.2 Å². The van der Waals surface area contributed by atoms with E-state index in [4.69, 9.17) is 23.7 Å². The smallest absolute Gasteiger partial charge is 0.339 e. The standard InChI is InChI=1S/C34H40O9/c1-18(2)10-11-21-24(35)20-13-14-29(5,6)40-25(20)26(36)34(21)41-27(37)22-16-31(39-9)17-23-30(7,8)42-32(28(31)38,15-12-19(3)4)33(22,23)43-34/h10,12-14,16,21,23H,11,15,17H2,1-9H3/t21-,23+,31+,32-,33-,34-/m1/s1. The maximum Gasteiger partial charge on any atom is 0.339 e. The van der Waals surface area contributed by atoms with Gasteiger partial charge in [-0.2, -0.15) is 0 Å². The summed E-state index contributed by atoms with van der Waals surface area (Å²) in [5, 5.41) is 0. The lowest BCUT2D eigenvalue weighted by molar-refractivity contribution is -0.320. The zero-order chi connectivity index (χ0) is 31.5. The molecule has 230 valence electrons. The first-order valence-corrected chi connectivity index (χ1v) is 14.9. The van der Waals surface area contributed by atoms with Gasteiger partial charge in [-0.3, -0.25) is 14.4 Å².